The van der Waals surface area contributed by atoms with Crippen LogP contribution in [0.1, 0.15) is 12.8 Å². The Balaban J connectivity index is 2.24. The molecule has 0 fully saturated rings. The first-order valence-corrected chi connectivity index (χ1v) is 7.25. The van der Waals surface area contributed by atoms with E-state index >= 15 is 0 Å². The topological polar surface area (TPSA) is 106 Å². The third-order valence-corrected chi connectivity index (χ3v) is 3.98. The van der Waals surface area contributed by atoms with Crippen LogP contribution in [0.4, 0.5) is 0 Å². The second kappa shape index (κ2) is 7.41. The lowest BCUT2D eigenvalue weighted by Crippen LogP contribution is -2.39. The van der Waals surface area contributed by atoms with Crippen LogP contribution < -0.4 is 10.5 Å². The summed E-state index contributed by atoms with van der Waals surface area (Å²) in [5, 5.41) is 7.46. The molecule has 0 unspecified atom stereocenters. The van der Waals surface area contributed by atoms with Crippen LogP contribution >= 0.6 is 0 Å². The van der Waals surface area contributed by atoms with Gasteiger partial charge in [-0.3, -0.25) is 4.68 Å². The Labute approximate surface area is 107 Å². The molecule has 9 heteroatoms. The fourth-order valence-corrected chi connectivity index (χ4v) is 2.33. The highest BCUT2D eigenvalue weighted by atomic mass is 32.2. The third-order valence-electron chi connectivity index (χ3n) is 2.41. The van der Waals surface area contributed by atoms with Crippen LogP contribution in [0.15, 0.2) is 12.4 Å². The van der Waals surface area contributed by atoms with Crippen LogP contribution in [-0.4, -0.2) is 54.4 Å². The molecule has 1 rings (SSSR count). The number of hydrogen-bond acceptors (Lipinski definition) is 5. The zero-order valence-electron chi connectivity index (χ0n) is 10.5. The standard InChI is InChI=1S/C9H20N6O2S/c1-14(7-2-4-10)18(16,17)12-5-3-8-15-9-6-11-13-15/h6,9,12H,2-5,7-8,10H2,1H3. The highest BCUT2D eigenvalue weighted by Crippen LogP contribution is 1.95. The summed E-state index contributed by atoms with van der Waals surface area (Å²) >= 11 is 0. The first kappa shape index (κ1) is 15.0. The Bertz CT molecular complexity index is 418. The SMILES string of the molecule is CN(CCCN)S(=O)(=O)NCCCn1ccnn1. The molecule has 0 atom stereocenters. The van der Waals surface area contributed by atoms with Crippen molar-refractivity contribution in [3.8, 4) is 0 Å². The molecular weight excluding hydrogens is 256 g/mol. The number of aromatic nitrogens is 3. The molecule has 1 aromatic rings. The third kappa shape index (κ3) is 5.08. The normalized spacial score (nSPS) is 12.2. The zero-order chi connectivity index (χ0) is 13.4. The van der Waals surface area contributed by atoms with Crippen molar-refractivity contribution in [2.45, 2.75) is 19.4 Å². The fourth-order valence-electron chi connectivity index (χ4n) is 1.34. The molecule has 0 saturated heterocycles. The molecule has 0 aliphatic heterocycles. The Morgan fingerprint density at radius 1 is 1.44 bits per heavy atom. The molecule has 0 spiro atoms. The lowest BCUT2D eigenvalue weighted by atomic mass is 10.4. The molecule has 104 valence electrons. The molecule has 18 heavy (non-hydrogen) atoms. The summed E-state index contributed by atoms with van der Waals surface area (Å²) in [5.74, 6) is 0. The van der Waals surface area contributed by atoms with E-state index in [1.807, 2.05) is 0 Å². The van der Waals surface area contributed by atoms with Crippen LogP contribution in [0.3, 0.4) is 0 Å². The van der Waals surface area contributed by atoms with E-state index in [4.69, 9.17) is 5.73 Å². The van der Waals surface area contributed by atoms with Crippen LogP contribution in [0.5, 0.6) is 0 Å². The highest BCUT2D eigenvalue weighted by molar-refractivity contribution is 7.87. The molecule has 1 aromatic heterocycles. The van der Waals surface area contributed by atoms with Crippen molar-refractivity contribution in [3.63, 3.8) is 0 Å². The molecular formula is C9H20N6O2S. The number of hydrogen-bond donors (Lipinski definition) is 2. The summed E-state index contributed by atoms with van der Waals surface area (Å²) in [7, 11) is -1.85. The monoisotopic (exact) mass is 276 g/mol. The smallest absolute Gasteiger partial charge is 0.279 e. The maximum atomic E-state index is 11.7. The van der Waals surface area contributed by atoms with Gasteiger partial charge in [0.05, 0.1) is 6.20 Å². The molecule has 0 saturated carbocycles. The van der Waals surface area contributed by atoms with Gasteiger partial charge in [-0.2, -0.15) is 12.7 Å². The van der Waals surface area contributed by atoms with Crippen molar-refractivity contribution in [2.24, 2.45) is 5.73 Å². The van der Waals surface area contributed by atoms with Crippen LogP contribution in [-0.2, 0) is 16.8 Å². The highest BCUT2D eigenvalue weighted by Gasteiger charge is 2.15. The number of nitrogens with one attached hydrogen (secondary N) is 1. The largest absolute Gasteiger partial charge is 0.330 e. The predicted molar refractivity (Wildman–Crippen MR) is 67.9 cm³/mol. The average molecular weight is 276 g/mol. The van der Waals surface area contributed by atoms with Gasteiger partial charge in [0.15, 0.2) is 0 Å². The first-order chi connectivity index (χ1) is 8.56. The summed E-state index contributed by atoms with van der Waals surface area (Å²) in [4.78, 5) is 0. The van der Waals surface area contributed by atoms with Gasteiger partial charge in [-0.1, -0.05) is 5.21 Å². The van der Waals surface area contributed by atoms with Gasteiger partial charge >= 0.3 is 0 Å². The van der Waals surface area contributed by atoms with Gasteiger partial charge < -0.3 is 5.73 Å². The number of aryl methyl sites for hydroxylation is 1. The van der Waals surface area contributed by atoms with Gasteiger partial charge in [-0.25, -0.2) is 4.72 Å². The number of nitrogens with two attached hydrogens (primary N) is 1. The molecule has 0 aliphatic rings. The van der Waals surface area contributed by atoms with Gasteiger partial charge in [0, 0.05) is 32.9 Å². The van der Waals surface area contributed by atoms with E-state index in [0.717, 1.165) is 0 Å². The minimum absolute atomic E-state index is 0.370. The quantitative estimate of drug-likeness (QED) is 0.550. The Kier molecular flexibility index (Phi) is 6.19. The minimum atomic E-state index is -3.39. The van der Waals surface area contributed by atoms with Gasteiger partial charge in [0.25, 0.3) is 10.2 Å². The van der Waals surface area contributed by atoms with E-state index in [1.165, 1.54) is 11.4 Å². The summed E-state index contributed by atoms with van der Waals surface area (Å²) < 4.78 is 28.9. The van der Waals surface area contributed by atoms with E-state index < -0.39 is 10.2 Å². The zero-order valence-corrected chi connectivity index (χ0v) is 11.3. The van der Waals surface area contributed by atoms with Crippen molar-refractivity contribution < 1.29 is 8.42 Å². The second-order valence-electron chi connectivity index (χ2n) is 3.88. The van der Waals surface area contributed by atoms with Crippen molar-refractivity contribution in [2.75, 3.05) is 26.7 Å². The molecule has 0 amide bonds. The van der Waals surface area contributed by atoms with E-state index in [2.05, 4.69) is 15.0 Å². The van der Waals surface area contributed by atoms with Crippen molar-refractivity contribution >= 4 is 10.2 Å². The molecule has 0 bridgehead atoms. The summed E-state index contributed by atoms with van der Waals surface area (Å²) in [6.45, 7) is 1.91. The maximum absolute atomic E-state index is 11.7. The number of rotatable bonds is 9. The van der Waals surface area contributed by atoms with E-state index in [9.17, 15) is 8.42 Å². The summed E-state index contributed by atoms with van der Waals surface area (Å²) in [6, 6.07) is 0. The van der Waals surface area contributed by atoms with Crippen molar-refractivity contribution in [1.29, 1.82) is 0 Å². The molecule has 8 nitrogen and oxygen atoms in total. The summed E-state index contributed by atoms with van der Waals surface area (Å²) in [5.41, 5.74) is 5.34. The second-order valence-corrected chi connectivity index (χ2v) is 5.74. The Morgan fingerprint density at radius 3 is 2.83 bits per heavy atom. The van der Waals surface area contributed by atoms with Crippen molar-refractivity contribution in [3.05, 3.63) is 12.4 Å². The van der Waals surface area contributed by atoms with E-state index in [1.54, 1.807) is 17.1 Å². The van der Waals surface area contributed by atoms with Crippen molar-refractivity contribution in [1.82, 2.24) is 24.0 Å². The first-order valence-electron chi connectivity index (χ1n) is 5.81. The van der Waals surface area contributed by atoms with Gasteiger partial charge in [-0.15, -0.1) is 5.10 Å². The molecule has 0 aliphatic carbocycles. The minimum Gasteiger partial charge on any atom is -0.330 e. The molecule has 3 N–H and O–H groups in total. The van der Waals surface area contributed by atoms with Gasteiger partial charge in [0.2, 0.25) is 0 Å². The van der Waals surface area contributed by atoms with Crippen LogP contribution in [0.25, 0.3) is 0 Å². The Morgan fingerprint density at radius 2 is 2.22 bits per heavy atom. The lowest BCUT2D eigenvalue weighted by Gasteiger charge is -2.17. The van der Waals surface area contributed by atoms with E-state index in [0.29, 0.717) is 39.0 Å². The Hall–Kier alpha value is -1.03. The van der Waals surface area contributed by atoms with E-state index in [-0.39, 0.29) is 0 Å². The summed E-state index contributed by atoms with van der Waals surface area (Å²) in [6.07, 6.45) is 4.64. The fraction of sp³-hybridized carbons (Fsp3) is 0.778. The van der Waals surface area contributed by atoms with Gasteiger partial charge in [0.1, 0.15) is 0 Å². The lowest BCUT2D eigenvalue weighted by molar-refractivity contribution is 0.449. The average Bonchev–Trinajstić information content (AvgIpc) is 2.84. The molecule has 1 heterocycles. The molecule has 0 radical (unpaired) electrons. The van der Waals surface area contributed by atoms with Gasteiger partial charge in [-0.05, 0) is 19.4 Å². The van der Waals surface area contributed by atoms with Crippen LogP contribution in [0.2, 0.25) is 0 Å². The predicted octanol–water partition coefficient (Wildman–Crippen LogP) is -1.22. The van der Waals surface area contributed by atoms with Crippen LogP contribution in [0, 0.1) is 0 Å². The number of nitrogens with zero attached hydrogens (tertiary/aromatic N) is 4. The maximum Gasteiger partial charge on any atom is 0.279 e. The molecule has 0 aromatic carbocycles.